The van der Waals surface area contributed by atoms with E-state index < -0.39 is 17.4 Å². The van der Waals surface area contributed by atoms with Gasteiger partial charge in [-0.1, -0.05) is 0 Å². The van der Waals surface area contributed by atoms with Gasteiger partial charge in [-0.2, -0.15) is 5.10 Å². The Bertz CT molecular complexity index is 556. The predicted octanol–water partition coefficient (Wildman–Crippen LogP) is 1.66. The highest BCUT2D eigenvalue weighted by Gasteiger charge is 2.34. The lowest BCUT2D eigenvalue weighted by atomic mass is 9.98. The second-order valence-corrected chi connectivity index (χ2v) is 6.39. The van der Waals surface area contributed by atoms with Gasteiger partial charge >= 0.3 is 5.97 Å². The van der Waals surface area contributed by atoms with Crippen molar-refractivity contribution in [1.29, 1.82) is 0 Å². The summed E-state index contributed by atoms with van der Waals surface area (Å²) in [5.41, 5.74) is 0.173. The largest absolute Gasteiger partial charge is 0.481 e. The molecule has 8 heteroatoms. The molecule has 0 spiro atoms. The van der Waals surface area contributed by atoms with E-state index in [1.165, 1.54) is 7.11 Å². The topological polar surface area (TPSA) is 104 Å². The van der Waals surface area contributed by atoms with Crippen molar-refractivity contribution in [3.8, 4) is 0 Å². The van der Waals surface area contributed by atoms with Crippen LogP contribution in [0.2, 0.25) is 0 Å². The van der Waals surface area contributed by atoms with E-state index >= 15 is 0 Å². The van der Waals surface area contributed by atoms with Crippen molar-refractivity contribution >= 4 is 27.8 Å². The van der Waals surface area contributed by atoms with Crippen LogP contribution in [0.5, 0.6) is 0 Å². The highest BCUT2D eigenvalue weighted by molar-refractivity contribution is 9.10. The predicted molar refractivity (Wildman–Crippen MR) is 78.3 cm³/mol. The number of hydrogen-bond donors (Lipinski definition) is 3. The number of nitrogens with zero attached hydrogens (tertiary/aromatic N) is 1. The van der Waals surface area contributed by atoms with Crippen molar-refractivity contribution in [2.75, 3.05) is 13.7 Å². The Kier molecular flexibility index (Phi) is 4.67. The van der Waals surface area contributed by atoms with Gasteiger partial charge in [0.2, 0.25) is 0 Å². The summed E-state index contributed by atoms with van der Waals surface area (Å²) in [5.74, 6) is -1.00. The van der Waals surface area contributed by atoms with Crippen LogP contribution in [0.15, 0.2) is 4.47 Å². The van der Waals surface area contributed by atoms with Crippen LogP contribution in [0, 0.1) is 0 Å². The summed E-state index contributed by atoms with van der Waals surface area (Å²) in [5, 5.41) is 18.6. The summed E-state index contributed by atoms with van der Waals surface area (Å²) in [4.78, 5) is 23.3. The fourth-order valence-electron chi connectivity index (χ4n) is 2.25. The Balaban J connectivity index is 2.13. The number of carboxylic acid groups (broad SMARTS) is 1. The molecule has 1 aliphatic carbocycles. The average Bonchev–Trinajstić information content (AvgIpc) is 3.11. The van der Waals surface area contributed by atoms with Crippen molar-refractivity contribution in [2.45, 2.75) is 37.6 Å². The minimum absolute atomic E-state index is 0.0998. The molecule has 3 N–H and O–H groups in total. The standard InChI is InChI=1S/C13H18BrN3O4/c1-13(6-21-2,5-8(18)19)15-12(20)11-9(14)10(16-17-11)7-3-4-7/h7H,3-6H2,1-2H3,(H,15,20)(H,16,17)(H,18,19). The first-order valence-corrected chi connectivity index (χ1v) is 7.42. The van der Waals surface area contributed by atoms with Gasteiger partial charge in [0.25, 0.3) is 5.91 Å². The molecule has 1 amide bonds. The van der Waals surface area contributed by atoms with Gasteiger partial charge in [0.1, 0.15) is 0 Å². The first-order valence-electron chi connectivity index (χ1n) is 6.63. The van der Waals surface area contributed by atoms with Crippen molar-refractivity contribution in [3.63, 3.8) is 0 Å². The summed E-state index contributed by atoms with van der Waals surface area (Å²) < 4.78 is 5.66. The van der Waals surface area contributed by atoms with E-state index in [0.717, 1.165) is 18.5 Å². The lowest BCUT2D eigenvalue weighted by Gasteiger charge is -2.28. The van der Waals surface area contributed by atoms with E-state index in [1.54, 1.807) is 6.92 Å². The van der Waals surface area contributed by atoms with E-state index in [9.17, 15) is 9.59 Å². The first-order chi connectivity index (χ1) is 9.86. The average molecular weight is 360 g/mol. The summed E-state index contributed by atoms with van der Waals surface area (Å²) in [6, 6.07) is 0. The van der Waals surface area contributed by atoms with Gasteiger partial charge in [-0.15, -0.1) is 0 Å². The van der Waals surface area contributed by atoms with E-state index in [2.05, 4.69) is 31.4 Å². The van der Waals surface area contributed by atoms with Crippen LogP contribution in [-0.4, -0.2) is 46.4 Å². The number of carboxylic acids is 1. The van der Waals surface area contributed by atoms with Gasteiger partial charge in [-0.3, -0.25) is 14.7 Å². The van der Waals surface area contributed by atoms with Gasteiger partial charge in [0.05, 0.1) is 28.7 Å². The minimum atomic E-state index is -1.00. The molecule has 1 aromatic rings. The Morgan fingerprint density at radius 2 is 2.24 bits per heavy atom. The summed E-state index contributed by atoms with van der Waals surface area (Å²) >= 11 is 3.39. The van der Waals surface area contributed by atoms with Crippen LogP contribution in [0.1, 0.15) is 48.3 Å². The number of nitrogens with one attached hydrogen (secondary N) is 2. The monoisotopic (exact) mass is 359 g/mol. The van der Waals surface area contributed by atoms with Gasteiger partial charge in [0, 0.05) is 13.0 Å². The molecule has 1 atom stereocenters. The van der Waals surface area contributed by atoms with Gasteiger partial charge in [0.15, 0.2) is 5.69 Å². The number of amides is 1. The Hall–Kier alpha value is -1.41. The zero-order chi connectivity index (χ0) is 15.6. The van der Waals surface area contributed by atoms with E-state index in [1.807, 2.05) is 0 Å². The molecule has 1 heterocycles. The molecular formula is C13H18BrN3O4. The molecule has 7 nitrogen and oxygen atoms in total. The number of aromatic nitrogens is 2. The van der Waals surface area contributed by atoms with Crippen LogP contribution in [-0.2, 0) is 9.53 Å². The zero-order valence-corrected chi connectivity index (χ0v) is 13.5. The minimum Gasteiger partial charge on any atom is -0.481 e. The molecule has 1 aliphatic rings. The molecule has 0 radical (unpaired) electrons. The number of carbonyl (C=O) groups excluding carboxylic acids is 1. The molecule has 21 heavy (non-hydrogen) atoms. The molecule has 1 fully saturated rings. The number of H-pyrrole nitrogens is 1. The third-order valence-electron chi connectivity index (χ3n) is 3.35. The maximum atomic E-state index is 12.3. The Morgan fingerprint density at radius 3 is 2.76 bits per heavy atom. The third-order valence-corrected chi connectivity index (χ3v) is 4.16. The molecule has 0 aromatic carbocycles. The number of aromatic amines is 1. The van der Waals surface area contributed by atoms with E-state index in [4.69, 9.17) is 9.84 Å². The molecule has 2 rings (SSSR count). The summed E-state index contributed by atoms with van der Waals surface area (Å²) in [6.45, 7) is 1.73. The quantitative estimate of drug-likeness (QED) is 0.686. The number of methoxy groups -OCH3 is 1. The molecule has 1 unspecified atom stereocenters. The fourth-order valence-corrected chi connectivity index (χ4v) is 2.93. The maximum Gasteiger partial charge on any atom is 0.305 e. The molecule has 116 valence electrons. The molecule has 0 aliphatic heterocycles. The van der Waals surface area contributed by atoms with Gasteiger partial charge in [-0.25, -0.2) is 0 Å². The number of aliphatic carboxylic acids is 1. The summed E-state index contributed by atoms with van der Waals surface area (Å²) in [6.07, 6.45) is 1.94. The van der Waals surface area contributed by atoms with Crippen LogP contribution in [0.3, 0.4) is 0 Å². The fraction of sp³-hybridized carbons (Fsp3) is 0.615. The number of carbonyl (C=O) groups is 2. The lowest BCUT2D eigenvalue weighted by Crippen LogP contribution is -2.51. The summed E-state index contributed by atoms with van der Waals surface area (Å²) in [7, 11) is 1.46. The maximum absolute atomic E-state index is 12.3. The molecule has 1 aromatic heterocycles. The SMILES string of the molecule is COCC(C)(CC(=O)O)NC(=O)c1n[nH]c(C2CC2)c1Br. The highest BCUT2D eigenvalue weighted by atomic mass is 79.9. The van der Waals surface area contributed by atoms with Gasteiger partial charge < -0.3 is 15.2 Å². The van der Waals surface area contributed by atoms with Crippen molar-refractivity contribution < 1.29 is 19.4 Å². The van der Waals surface area contributed by atoms with E-state index in [0.29, 0.717) is 10.4 Å². The van der Waals surface area contributed by atoms with Crippen LogP contribution < -0.4 is 5.32 Å². The van der Waals surface area contributed by atoms with Crippen molar-refractivity contribution in [3.05, 3.63) is 15.9 Å². The third kappa shape index (κ3) is 3.82. The number of hydrogen-bond acceptors (Lipinski definition) is 4. The first kappa shape index (κ1) is 16.0. The van der Waals surface area contributed by atoms with Crippen LogP contribution >= 0.6 is 15.9 Å². The molecule has 0 bridgehead atoms. The Morgan fingerprint density at radius 1 is 1.57 bits per heavy atom. The zero-order valence-electron chi connectivity index (χ0n) is 11.9. The van der Waals surface area contributed by atoms with Crippen LogP contribution in [0.4, 0.5) is 0 Å². The smallest absolute Gasteiger partial charge is 0.305 e. The molecule has 1 saturated carbocycles. The van der Waals surface area contributed by atoms with Gasteiger partial charge in [-0.05, 0) is 35.7 Å². The van der Waals surface area contributed by atoms with E-state index in [-0.39, 0.29) is 18.7 Å². The van der Waals surface area contributed by atoms with Crippen molar-refractivity contribution in [2.24, 2.45) is 0 Å². The van der Waals surface area contributed by atoms with Crippen molar-refractivity contribution in [1.82, 2.24) is 15.5 Å². The number of ether oxygens (including phenoxy) is 1. The molecular weight excluding hydrogens is 342 g/mol. The highest BCUT2D eigenvalue weighted by Crippen LogP contribution is 2.42. The normalized spacial score (nSPS) is 17.3. The Labute approximate surface area is 130 Å². The number of halogens is 1. The number of rotatable bonds is 7. The van der Waals surface area contributed by atoms with Crippen LogP contribution in [0.25, 0.3) is 0 Å². The molecule has 0 saturated heterocycles. The lowest BCUT2D eigenvalue weighted by molar-refractivity contribution is -0.139. The second kappa shape index (κ2) is 6.15. The second-order valence-electron chi connectivity index (χ2n) is 5.59.